The Morgan fingerprint density at radius 2 is 1.83 bits per heavy atom. The zero-order valence-corrected chi connectivity index (χ0v) is 16.6. The van der Waals surface area contributed by atoms with Crippen LogP contribution in [0.15, 0.2) is 48.8 Å². The van der Waals surface area contributed by atoms with Gasteiger partial charge in [0.2, 0.25) is 0 Å². The number of carbonyl (C=O) groups is 2. The molecule has 0 aliphatic heterocycles. The van der Waals surface area contributed by atoms with Crippen molar-refractivity contribution in [1.82, 2.24) is 14.8 Å². The number of carboxylic acids is 2. The van der Waals surface area contributed by atoms with Gasteiger partial charge in [-0.05, 0) is 25.1 Å². The molecule has 3 aromatic rings. The van der Waals surface area contributed by atoms with Gasteiger partial charge in [-0.1, -0.05) is 35.3 Å². The lowest BCUT2D eigenvalue weighted by Gasteiger charge is -2.03. The summed E-state index contributed by atoms with van der Waals surface area (Å²) in [4.78, 5) is 23.3. The molecule has 0 spiro atoms. The molecule has 0 atom stereocenters. The number of benzene rings is 1. The maximum Gasteiger partial charge on any atom is 0.328 e. The molecule has 1 aromatic carbocycles. The molecule has 0 fully saturated rings. The lowest BCUT2D eigenvalue weighted by Crippen LogP contribution is -2.06. The fourth-order valence-electron chi connectivity index (χ4n) is 2.46. The number of rotatable bonds is 6. The second-order valence-corrected chi connectivity index (χ2v) is 6.50. The summed E-state index contributed by atoms with van der Waals surface area (Å²) in [5, 5.41) is 22.3. The van der Waals surface area contributed by atoms with Crippen molar-refractivity contribution in [2.24, 2.45) is 5.73 Å². The van der Waals surface area contributed by atoms with Gasteiger partial charge in [0.15, 0.2) is 0 Å². The van der Waals surface area contributed by atoms with E-state index in [-0.39, 0.29) is 0 Å². The summed E-state index contributed by atoms with van der Waals surface area (Å²) < 4.78 is 1.94. The number of fused-ring (bicyclic) bond motifs is 1. The van der Waals surface area contributed by atoms with Crippen LogP contribution in [0.25, 0.3) is 22.2 Å². The van der Waals surface area contributed by atoms with E-state index in [1.54, 1.807) is 18.5 Å². The van der Waals surface area contributed by atoms with Crippen molar-refractivity contribution >= 4 is 46.0 Å². The minimum Gasteiger partial charge on any atom is -0.478 e. The van der Waals surface area contributed by atoms with Crippen LogP contribution in [-0.2, 0) is 16.1 Å². The van der Waals surface area contributed by atoms with Crippen molar-refractivity contribution in [1.29, 1.82) is 0 Å². The number of halogens is 2. The van der Waals surface area contributed by atoms with Gasteiger partial charge < -0.3 is 15.9 Å². The molecule has 0 unspecified atom stereocenters. The van der Waals surface area contributed by atoms with Crippen molar-refractivity contribution in [3.8, 4) is 11.3 Å². The number of hydrogen-bond donors (Lipinski definition) is 3. The number of pyridine rings is 1. The molecule has 2 heterocycles. The third-order valence-corrected chi connectivity index (χ3v) is 4.52. The zero-order chi connectivity index (χ0) is 21.4. The van der Waals surface area contributed by atoms with E-state index in [9.17, 15) is 9.59 Å². The maximum absolute atomic E-state index is 9.55. The van der Waals surface area contributed by atoms with Gasteiger partial charge in [0.25, 0.3) is 0 Å². The highest BCUT2D eigenvalue weighted by atomic mass is 35.5. The molecular formula is C19H18Cl2N4O4. The number of nitrogens with two attached hydrogens (primary N) is 1. The second kappa shape index (κ2) is 10.6. The number of hydrogen-bond acceptors (Lipinski definition) is 5. The third-order valence-electron chi connectivity index (χ3n) is 3.70. The predicted molar refractivity (Wildman–Crippen MR) is 111 cm³/mol. The molecular weight excluding hydrogens is 419 g/mol. The van der Waals surface area contributed by atoms with Gasteiger partial charge in [-0.15, -0.1) is 0 Å². The van der Waals surface area contributed by atoms with E-state index < -0.39 is 11.9 Å². The number of aromatic nitrogens is 3. The molecule has 4 N–H and O–H groups in total. The molecule has 0 aliphatic rings. The highest BCUT2D eigenvalue weighted by Gasteiger charge is 2.15. The molecule has 10 heteroatoms. The average molecular weight is 437 g/mol. The van der Waals surface area contributed by atoms with Gasteiger partial charge in [-0.25, -0.2) is 9.59 Å². The second-order valence-electron chi connectivity index (χ2n) is 5.72. The Morgan fingerprint density at radius 1 is 1.14 bits per heavy atom. The Bertz CT molecular complexity index is 1030. The summed E-state index contributed by atoms with van der Waals surface area (Å²) in [5.41, 5.74) is 8.22. The first-order valence-corrected chi connectivity index (χ1v) is 9.19. The maximum atomic E-state index is 9.55. The van der Waals surface area contributed by atoms with Gasteiger partial charge in [0.1, 0.15) is 5.69 Å². The number of aliphatic carboxylic acids is 2. The first-order chi connectivity index (χ1) is 13.8. The normalized spacial score (nSPS) is 10.7. The summed E-state index contributed by atoms with van der Waals surface area (Å²) in [6.07, 6.45) is 5.53. The molecule has 3 rings (SSSR count). The predicted octanol–water partition coefficient (Wildman–Crippen LogP) is 3.47. The van der Waals surface area contributed by atoms with Crippen LogP contribution in [0.3, 0.4) is 0 Å². The van der Waals surface area contributed by atoms with Crippen LogP contribution < -0.4 is 5.73 Å². The molecule has 152 valence electrons. The molecule has 0 radical (unpaired) electrons. The standard InChI is InChI=1S/C15H14Cl2N4.C4H4O4/c16-12-4-1-3-10(14(12)17)15-11-9-19-7-5-13(11)21(20-15)8-2-6-18;5-3(6)1-2-4(7)8/h1,3-5,7,9H,2,6,8,18H2;1-2H,(H,5,6)(H,7,8). The first-order valence-electron chi connectivity index (χ1n) is 8.44. The lowest BCUT2D eigenvalue weighted by atomic mass is 10.1. The summed E-state index contributed by atoms with van der Waals surface area (Å²) >= 11 is 12.4. The van der Waals surface area contributed by atoms with Crippen molar-refractivity contribution < 1.29 is 19.8 Å². The molecule has 2 aromatic heterocycles. The fraction of sp³-hybridized carbons (Fsp3) is 0.158. The Morgan fingerprint density at radius 3 is 2.45 bits per heavy atom. The van der Waals surface area contributed by atoms with Crippen molar-refractivity contribution in [2.75, 3.05) is 6.54 Å². The molecule has 0 bridgehead atoms. The lowest BCUT2D eigenvalue weighted by molar-refractivity contribution is -0.134. The SMILES string of the molecule is NCCCn1nc(-c2cccc(Cl)c2Cl)c2cnccc21.O=C(O)C=CC(=O)O. The van der Waals surface area contributed by atoms with Crippen LogP contribution in [-0.4, -0.2) is 43.5 Å². The summed E-state index contributed by atoms with van der Waals surface area (Å²) in [6, 6.07) is 7.49. The van der Waals surface area contributed by atoms with Gasteiger partial charge in [-0.3, -0.25) is 9.67 Å². The Balaban J connectivity index is 0.000000321. The van der Waals surface area contributed by atoms with Crippen LogP contribution >= 0.6 is 23.2 Å². The largest absolute Gasteiger partial charge is 0.478 e. The Hall–Kier alpha value is -2.94. The molecule has 0 amide bonds. The van der Waals surface area contributed by atoms with Crippen LogP contribution in [0.4, 0.5) is 0 Å². The van der Waals surface area contributed by atoms with E-state index >= 15 is 0 Å². The van der Waals surface area contributed by atoms with Crippen molar-refractivity contribution in [2.45, 2.75) is 13.0 Å². The van der Waals surface area contributed by atoms with E-state index in [1.807, 2.05) is 22.9 Å². The minimum absolute atomic E-state index is 0.508. The highest BCUT2D eigenvalue weighted by Crippen LogP contribution is 2.36. The van der Waals surface area contributed by atoms with Crippen molar-refractivity contribution in [3.05, 3.63) is 58.9 Å². The van der Waals surface area contributed by atoms with Gasteiger partial charge in [-0.2, -0.15) is 5.10 Å². The van der Waals surface area contributed by atoms with Crippen LogP contribution in [0.2, 0.25) is 10.0 Å². The zero-order valence-electron chi connectivity index (χ0n) is 15.1. The molecule has 0 aliphatic carbocycles. The number of carboxylic acid groups (broad SMARTS) is 2. The first kappa shape index (κ1) is 22.4. The van der Waals surface area contributed by atoms with Crippen molar-refractivity contribution in [3.63, 3.8) is 0 Å². The smallest absolute Gasteiger partial charge is 0.328 e. The van der Waals surface area contributed by atoms with Crippen LogP contribution in [0, 0.1) is 0 Å². The summed E-state index contributed by atoms with van der Waals surface area (Å²) in [7, 11) is 0. The Labute approximate surface area is 176 Å². The van der Waals surface area contributed by atoms with Crippen LogP contribution in [0.1, 0.15) is 6.42 Å². The van der Waals surface area contributed by atoms with Gasteiger partial charge >= 0.3 is 11.9 Å². The fourth-order valence-corrected chi connectivity index (χ4v) is 2.85. The van der Waals surface area contributed by atoms with E-state index in [0.29, 0.717) is 28.7 Å². The molecule has 29 heavy (non-hydrogen) atoms. The highest BCUT2D eigenvalue weighted by molar-refractivity contribution is 6.43. The molecule has 0 saturated carbocycles. The monoisotopic (exact) mass is 436 g/mol. The number of nitrogens with zero attached hydrogens (tertiary/aromatic N) is 3. The van der Waals surface area contributed by atoms with E-state index in [4.69, 9.17) is 39.1 Å². The van der Waals surface area contributed by atoms with Crippen LogP contribution in [0.5, 0.6) is 0 Å². The minimum atomic E-state index is -1.26. The quantitative estimate of drug-likeness (QED) is 0.503. The van der Waals surface area contributed by atoms with E-state index in [1.165, 1.54) is 0 Å². The summed E-state index contributed by atoms with van der Waals surface area (Å²) in [6.45, 7) is 1.38. The molecule has 8 nitrogen and oxygen atoms in total. The molecule has 0 saturated heterocycles. The third kappa shape index (κ3) is 6.02. The van der Waals surface area contributed by atoms with Gasteiger partial charge in [0.05, 0.1) is 15.6 Å². The van der Waals surface area contributed by atoms with Gasteiger partial charge in [0, 0.05) is 42.0 Å². The average Bonchev–Trinajstić information content (AvgIpc) is 3.06. The number of aryl methyl sites for hydroxylation is 1. The van der Waals surface area contributed by atoms with E-state index in [2.05, 4.69) is 10.1 Å². The topological polar surface area (TPSA) is 131 Å². The van der Waals surface area contributed by atoms with E-state index in [0.717, 1.165) is 35.1 Å². The Kier molecular flexibility index (Phi) is 8.14. The summed E-state index contributed by atoms with van der Waals surface area (Å²) in [5.74, 6) is -2.51.